The topological polar surface area (TPSA) is 55.6 Å². The molecule has 0 saturated heterocycles. The van der Waals surface area contributed by atoms with Crippen LogP contribution in [0, 0.1) is 6.92 Å². The molecule has 2 aromatic rings. The lowest BCUT2D eigenvalue weighted by Gasteiger charge is -2.10. The van der Waals surface area contributed by atoms with Crippen molar-refractivity contribution in [3.63, 3.8) is 0 Å². The Labute approximate surface area is 109 Å². The van der Waals surface area contributed by atoms with E-state index in [-0.39, 0.29) is 0 Å². The van der Waals surface area contributed by atoms with Gasteiger partial charge in [0.2, 0.25) is 0 Å². The number of benzene rings is 1. The van der Waals surface area contributed by atoms with E-state index in [1.807, 2.05) is 20.0 Å². The van der Waals surface area contributed by atoms with Crippen molar-refractivity contribution in [2.24, 2.45) is 0 Å². The zero-order chi connectivity index (χ0) is 12.4. The van der Waals surface area contributed by atoms with E-state index in [0.717, 1.165) is 5.56 Å². The van der Waals surface area contributed by atoms with Gasteiger partial charge in [0, 0.05) is 0 Å². The Bertz CT molecular complexity index is 537. The van der Waals surface area contributed by atoms with Crippen molar-refractivity contribution >= 4 is 23.2 Å². The number of rotatable bonds is 3. The second-order valence-electron chi connectivity index (χ2n) is 3.56. The molecule has 1 aromatic heterocycles. The predicted molar refractivity (Wildman–Crippen MR) is 66.7 cm³/mol. The first-order valence-corrected chi connectivity index (χ1v) is 5.77. The lowest BCUT2D eigenvalue weighted by molar-refractivity contribution is 0.709. The Hall–Kier alpha value is -1.17. The van der Waals surface area contributed by atoms with Gasteiger partial charge in [-0.15, -0.1) is 5.10 Å². The molecule has 17 heavy (non-hydrogen) atoms. The molecule has 1 aromatic carbocycles. The monoisotopic (exact) mass is 271 g/mol. The Balaban J connectivity index is 2.60. The van der Waals surface area contributed by atoms with Crippen molar-refractivity contribution < 1.29 is 0 Å². The van der Waals surface area contributed by atoms with Crippen LogP contribution in [0.2, 0.25) is 10.0 Å². The van der Waals surface area contributed by atoms with Crippen LogP contribution in [0.25, 0.3) is 5.69 Å². The van der Waals surface area contributed by atoms with E-state index >= 15 is 0 Å². The summed E-state index contributed by atoms with van der Waals surface area (Å²) in [7, 11) is 1.82. The van der Waals surface area contributed by atoms with Crippen LogP contribution in [0.15, 0.2) is 12.1 Å². The average Bonchev–Trinajstić information content (AvgIpc) is 2.73. The molecule has 1 N–H and O–H groups in total. The van der Waals surface area contributed by atoms with E-state index in [9.17, 15) is 0 Å². The van der Waals surface area contributed by atoms with Gasteiger partial charge in [-0.05, 0) is 36.0 Å². The van der Waals surface area contributed by atoms with Gasteiger partial charge in [0.15, 0.2) is 5.82 Å². The van der Waals surface area contributed by atoms with E-state index in [2.05, 4.69) is 20.8 Å². The number of nitrogens with zero attached hydrogens (tertiary/aromatic N) is 4. The number of tetrazole rings is 1. The van der Waals surface area contributed by atoms with Crippen molar-refractivity contribution in [3.8, 4) is 5.69 Å². The minimum Gasteiger partial charge on any atom is -0.313 e. The van der Waals surface area contributed by atoms with Gasteiger partial charge in [0.25, 0.3) is 0 Å². The summed E-state index contributed by atoms with van der Waals surface area (Å²) in [6.45, 7) is 2.44. The first-order valence-electron chi connectivity index (χ1n) is 5.02. The normalized spacial score (nSPS) is 10.8. The summed E-state index contributed by atoms with van der Waals surface area (Å²) in [4.78, 5) is 0. The van der Waals surface area contributed by atoms with E-state index in [1.165, 1.54) is 0 Å². The number of halogens is 2. The number of hydrogen-bond donors (Lipinski definition) is 1. The van der Waals surface area contributed by atoms with Gasteiger partial charge >= 0.3 is 0 Å². The van der Waals surface area contributed by atoms with Gasteiger partial charge in [-0.25, -0.2) is 0 Å². The van der Waals surface area contributed by atoms with Gasteiger partial charge in [0.1, 0.15) is 5.69 Å². The maximum absolute atomic E-state index is 6.24. The summed E-state index contributed by atoms with van der Waals surface area (Å²) in [5.74, 6) is 0.655. The highest BCUT2D eigenvalue weighted by Crippen LogP contribution is 2.31. The number of nitrogens with one attached hydrogen (secondary N) is 1. The fourth-order valence-electron chi connectivity index (χ4n) is 1.48. The van der Waals surface area contributed by atoms with Crippen LogP contribution in [0.3, 0.4) is 0 Å². The molecule has 0 saturated carbocycles. The van der Waals surface area contributed by atoms with Crippen LogP contribution in [0.1, 0.15) is 11.4 Å². The van der Waals surface area contributed by atoms with Crippen molar-refractivity contribution in [2.75, 3.05) is 7.05 Å². The van der Waals surface area contributed by atoms with Crippen LogP contribution >= 0.6 is 23.2 Å². The second kappa shape index (κ2) is 5.00. The molecule has 0 aliphatic carbocycles. The maximum Gasteiger partial charge on any atom is 0.170 e. The Morgan fingerprint density at radius 3 is 2.82 bits per heavy atom. The summed E-state index contributed by atoms with van der Waals surface area (Å²) < 4.78 is 1.55. The SMILES string of the molecule is CNCc1nnnn1-c1c(Cl)ccc(C)c1Cl. The third-order valence-corrected chi connectivity index (χ3v) is 3.12. The highest BCUT2D eigenvalue weighted by Gasteiger charge is 2.15. The molecule has 2 rings (SSSR count). The van der Waals surface area contributed by atoms with Crippen LogP contribution in [-0.4, -0.2) is 27.3 Å². The fraction of sp³-hybridized carbons (Fsp3) is 0.300. The summed E-state index contributed by atoms with van der Waals surface area (Å²) in [5, 5.41) is 15.5. The van der Waals surface area contributed by atoms with Gasteiger partial charge < -0.3 is 5.32 Å². The number of aromatic nitrogens is 4. The van der Waals surface area contributed by atoms with Crippen molar-refractivity contribution in [2.45, 2.75) is 13.5 Å². The summed E-state index contributed by atoms with van der Waals surface area (Å²) in [6, 6.07) is 3.64. The molecule has 0 unspecified atom stereocenters. The lowest BCUT2D eigenvalue weighted by atomic mass is 10.2. The van der Waals surface area contributed by atoms with Gasteiger partial charge in [0.05, 0.1) is 16.6 Å². The quantitative estimate of drug-likeness (QED) is 0.928. The number of aryl methyl sites for hydroxylation is 1. The third-order valence-electron chi connectivity index (χ3n) is 2.34. The van der Waals surface area contributed by atoms with Crippen molar-refractivity contribution in [1.82, 2.24) is 25.5 Å². The standard InChI is InChI=1S/C10H11Cl2N5/c1-6-3-4-7(11)10(9(6)12)17-8(5-13-2)14-15-16-17/h3-4,13H,5H2,1-2H3. The zero-order valence-corrected chi connectivity index (χ0v) is 10.9. The summed E-state index contributed by atoms with van der Waals surface area (Å²) in [5.41, 5.74) is 1.54. The molecule has 0 radical (unpaired) electrons. The van der Waals surface area contributed by atoms with E-state index < -0.39 is 0 Å². The molecule has 0 amide bonds. The first-order chi connectivity index (χ1) is 8.15. The van der Waals surface area contributed by atoms with Crippen LogP contribution in [0.5, 0.6) is 0 Å². The number of hydrogen-bond acceptors (Lipinski definition) is 4. The molecule has 5 nitrogen and oxygen atoms in total. The molecule has 0 aliphatic rings. The smallest absolute Gasteiger partial charge is 0.170 e. The molecule has 0 spiro atoms. The molecule has 90 valence electrons. The molecule has 0 aliphatic heterocycles. The van der Waals surface area contributed by atoms with Gasteiger partial charge in [-0.2, -0.15) is 4.68 Å². The predicted octanol–water partition coefficient (Wildman–Crippen LogP) is 2.00. The molecule has 7 heteroatoms. The van der Waals surface area contributed by atoms with Crippen LogP contribution < -0.4 is 5.32 Å². The largest absolute Gasteiger partial charge is 0.313 e. The molecule has 1 heterocycles. The first kappa shape index (κ1) is 12.3. The fourth-order valence-corrected chi connectivity index (χ4v) is 2.01. The lowest BCUT2D eigenvalue weighted by Crippen LogP contribution is -2.13. The summed E-state index contributed by atoms with van der Waals surface area (Å²) >= 11 is 12.4. The van der Waals surface area contributed by atoms with Gasteiger partial charge in [-0.3, -0.25) is 0 Å². The average molecular weight is 272 g/mol. The zero-order valence-electron chi connectivity index (χ0n) is 9.41. The third kappa shape index (κ3) is 2.26. The highest BCUT2D eigenvalue weighted by molar-refractivity contribution is 6.38. The second-order valence-corrected chi connectivity index (χ2v) is 4.35. The molecule has 0 atom stereocenters. The van der Waals surface area contributed by atoms with E-state index in [0.29, 0.717) is 28.1 Å². The highest BCUT2D eigenvalue weighted by atomic mass is 35.5. The Kier molecular flexibility index (Phi) is 3.61. The molecular formula is C10H11Cl2N5. The van der Waals surface area contributed by atoms with E-state index in [1.54, 1.807) is 10.7 Å². The van der Waals surface area contributed by atoms with Crippen molar-refractivity contribution in [1.29, 1.82) is 0 Å². The van der Waals surface area contributed by atoms with Crippen LogP contribution in [-0.2, 0) is 6.54 Å². The molecule has 0 fully saturated rings. The van der Waals surface area contributed by atoms with Crippen LogP contribution in [0.4, 0.5) is 0 Å². The maximum atomic E-state index is 6.24. The minimum atomic E-state index is 0.519. The Morgan fingerprint density at radius 1 is 1.35 bits per heavy atom. The van der Waals surface area contributed by atoms with Crippen molar-refractivity contribution in [3.05, 3.63) is 33.6 Å². The molecule has 0 bridgehead atoms. The van der Waals surface area contributed by atoms with Gasteiger partial charge in [-0.1, -0.05) is 29.3 Å². The molecular weight excluding hydrogens is 261 g/mol. The summed E-state index contributed by atoms with van der Waals surface area (Å²) in [6.07, 6.45) is 0. The van der Waals surface area contributed by atoms with E-state index in [4.69, 9.17) is 23.2 Å². The minimum absolute atomic E-state index is 0.519. The Morgan fingerprint density at radius 2 is 2.12 bits per heavy atom.